The van der Waals surface area contributed by atoms with Gasteiger partial charge in [0.1, 0.15) is 12.4 Å². The molecular weight excluding hydrogens is 273 g/mol. The van der Waals surface area contributed by atoms with Crippen LogP contribution in [0.2, 0.25) is 0 Å². The molecule has 1 fully saturated rings. The van der Waals surface area contributed by atoms with Crippen LogP contribution in [-0.2, 0) is 16.2 Å². The number of benzene rings is 1. The molecule has 21 heavy (non-hydrogen) atoms. The number of amidine groups is 1. The lowest BCUT2D eigenvalue weighted by Gasteiger charge is -2.37. The fraction of sp³-hybridized carbons (Fsp3) is 0.533. The molecule has 2 N–H and O–H groups in total. The second-order valence-corrected chi connectivity index (χ2v) is 5.80. The van der Waals surface area contributed by atoms with E-state index in [1.807, 2.05) is 0 Å². The standard InChI is InChI=1S/C15H22FN3O2/c1-15(2)11-19(7-8-20-15)9-14(17)18-21-10-12-3-5-13(16)6-4-12/h3-6H,7-11H2,1-2H3,(H2,17,18). The molecule has 0 spiro atoms. The summed E-state index contributed by atoms with van der Waals surface area (Å²) >= 11 is 0. The molecule has 116 valence electrons. The molecule has 0 saturated carbocycles. The van der Waals surface area contributed by atoms with E-state index >= 15 is 0 Å². The summed E-state index contributed by atoms with van der Waals surface area (Å²) in [5.41, 5.74) is 6.55. The van der Waals surface area contributed by atoms with Crippen LogP contribution in [0.25, 0.3) is 0 Å². The van der Waals surface area contributed by atoms with Gasteiger partial charge in [-0.2, -0.15) is 0 Å². The fourth-order valence-electron chi connectivity index (χ4n) is 2.28. The zero-order valence-electron chi connectivity index (χ0n) is 12.5. The van der Waals surface area contributed by atoms with Crippen molar-refractivity contribution in [3.05, 3.63) is 35.6 Å². The van der Waals surface area contributed by atoms with Crippen molar-refractivity contribution >= 4 is 5.84 Å². The van der Waals surface area contributed by atoms with Gasteiger partial charge in [0.25, 0.3) is 0 Å². The van der Waals surface area contributed by atoms with Gasteiger partial charge in [0.05, 0.1) is 18.8 Å². The molecular formula is C15H22FN3O2. The zero-order valence-corrected chi connectivity index (χ0v) is 12.5. The molecule has 1 aliphatic rings. The Morgan fingerprint density at radius 2 is 2.14 bits per heavy atom. The molecule has 6 heteroatoms. The minimum atomic E-state index is -0.267. The predicted octanol–water partition coefficient (Wildman–Crippen LogP) is 1.73. The summed E-state index contributed by atoms with van der Waals surface area (Å²) in [7, 11) is 0. The highest BCUT2D eigenvalue weighted by Gasteiger charge is 2.27. The molecule has 1 heterocycles. The minimum Gasteiger partial charge on any atom is -0.389 e. The summed E-state index contributed by atoms with van der Waals surface area (Å²) in [6.45, 7) is 7.26. The van der Waals surface area contributed by atoms with Crippen LogP contribution in [0.4, 0.5) is 4.39 Å². The molecule has 0 amide bonds. The number of rotatable bonds is 5. The van der Waals surface area contributed by atoms with Crippen LogP contribution in [-0.4, -0.2) is 42.6 Å². The van der Waals surface area contributed by atoms with E-state index in [1.165, 1.54) is 12.1 Å². The summed E-state index contributed by atoms with van der Waals surface area (Å²) in [6, 6.07) is 6.10. The number of hydrogen-bond acceptors (Lipinski definition) is 4. The van der Waals surface area contributed by atoms with Gasteiger partial charge in [-0.3, -0.25) is 4.90 Å². The van der Waals surface area contributed by atoms with Crippen molar-refractivity contribution in [3.8, 4) is 0 Å². The molecule has 2 rings (SSSR count). The third-order valence-corrected chi connectivity index (χ3v) is 3.22. The first-order chi connectivity index (χ1) is 9.94. The second-order valence-electron chi connectivity index (χ2n) is 5.80. The van der Waals surface area contributed by atoms with Gasteiger partial charge >= 0.3 is 0 Å². The molecule has 0 atom stereocenters. The average molecular weight is 295 g/mol. The van der Waals surface area contributed by atoms with Crippen molar-refractivity contribution in [1.82, 2.24) is 4.90 Å². The van der Waals surface area contributed by atoms with Crippen LogP contribution in [0.3, 0.4) is 0 Å². The Morgan fingerprint density at radius 3 is 2.81 bits per heavy atom. The van der Waals surface area contributed by atoms with E-state index in [0.717, 1.165) is 18.7 Å². The first-order valence-electron chi connectivity index (χ1n) is 7.00. The number of nitrogens with zero attached hydrogens (tertiary/aromatic N) is 2. The van der Waals surface area contributed by atoms with Crippen LogP contribution in [0.15, 0.2) is 29.4 Å². The van der Waals surface area contributed by atoms with Crippen LogP contribution in [0.1, 0.15) is 19.4 Å². The monoisotopic (exact) mass is 295 g/mol. The minimum absolute atomic E-state index is 0.159. The second kappa shape index (κ2) is 6.87. The molecule has 1 aliphatic heterocycles. The highest BCUT2D eigenvalue weighted by molar-refractivity contribution is 5.81. The zero-order chi connectivity index (χ0) is 15.3. The lowest BCUT2D eigenvalue weighted by Crippen LogP contribution is -2.50. The number of hydrogen-bond donors (Lipinski definition) is 1. The van der Waals surface area contributed by atoms with E-state index in [9.17, 15) is 4.39 Å². The Morgan fingerprint density at radius 1 is 1.43 bits per heavy atom. The Hall–Kier alpha value is -1.66. The van der Waals surface area contributed by atoms with Crippen molar-refractivity contribution in [2.24, 2.45) is 10.9 Å². The Balaban J connectivity index is 1.77. The predicted molar refractivity (Wildman–Crippen MR) is 79.3 cm³/mol. The van der Waals surface area contributed by atoms with E-state index in [4.69, 9.17) is 15.3 Å². The highest BCUT2D eigenvalue weighted by atomic mass is 19.1. The lowest BCUT2D eigenvalue weighted by atomic mass is 10.1. The topological polar surface area (TPSA) is 60.1 Å². The van der Waals surface area contributed by atoms with Crippen molar-refractivity contribution in [3.63, 3.8) is 0 Å². The Labute approximate surface area is 124 Å². The van der Waals surface area contributed by atoms with Gasteiger partial charge in [0.2, 0.25) is 0 Å². The van der Waals surface area contributed by atoms with Gasteiger partial charge in [0, 0.05) is 13.1 Å². The summed E-state index contributed by atoms with van der Waals surface area (Å²) < 4.78 is 18.4. The summed E-state index contributed by atoms with van der Waals surface area (Å²) in [4.78, 5) is 7.38. The van der Waals surface area contributed by atoms with Crippen molar-refractivity contribution in [1.29, 1.82) is 0 Å². The smallest absolute Gasteiger partial charge is 0.153 e. The molecule has 1 saturated heterocycles. The number of oxime groups is 1. The van der Waals surface area contributed by atoms with Gasteiger partial charge in [0.15, 0.2) is 5.84 Å². The maximum atomic E-state index is 12.8. The molecule has 1 aromatic carbocycles. The highest BCUT2D eigenvalue weighted by Crippen LogP contribution is 2.15. The van der Waals surface area contributed by atoms with Crippen molar-refractivity contribution in [2.75, 3.05) is 26.2 Å². The largest absolute Gasteiger partial charge is 0.389 e. The molecule has 0 aliphatic carbocycles. The SMILES string of the molecule is CC1(C)CN(CC(N)=NOCc2ccc(F)cc2)CCO1. The van der Waals surface area contributed by atoms with E-state index in [0.29, 0.717) is 19.0 Å². The van der Waals surface area contributed by atoms with Crippen LogP contribution < -0.4 is 5.73 Å². The van der Waals surface area contributed by atoms with E-state index in [2.05, 4.69) is 23.9 Å². The molecule has 0 bridgehead atoms. The first-order valence-corrected chi connectivity index (χ1v) is 7.00. The van der Waals surface area contributed by atoms with E-state index in [1.54, 1.807) is 12.1 Å². The van der Waals surface area contributed by atoms with E-state index < -0.39 is 0 Å². The molecule has 0 radical (unpaired) electrons. The van der Waals surface area contributed by atoms with Crippen molar-refractivity contribution < 1.29 is 14.0 Å². The third kappa shape index (κ3) is 5.32. The Bertz CT molecular complexity index is 488. The number of morpholine rings is 1. The normalized spacial score (nSPS) is 19.5. The maximum Gasteiger partial charge on any atom is 0.153 e. The van der Waals surface area contributed by atoms with Crippen molar-refractivity contribution in [2.45, 2.75) is 26.1 Å². The van der Waals surface area contributed by atoms with E-state index in [-0.39, 0.29) is 18.0 Å². The molecule has 1 aromatic rings. The first kappa shape index (κ1) is 15.7. The quantitative estimate of drug-likeness (QED) is 0.510. The van der Waals surface area contributed by atoms with Crippen LogP contribution in [0.5, 0.6) is 0 Å². The maximum absolute atomic E-state index is 12.8. The summed E-state index contributed by atoms with van der Waals surface area (Å²) in [6.07, 6.45) is 0. The number of nitrogens with two attached hydrogens (primary N) is 1. The fourth-order valence-corrected chi connectivity index (χ4v) is 2.28. The summed E-state index contributed by atoms with van der Waals surface area (Å²) in [5, 5.41) is 3.90. The number of halogens is 1. The van der Waals surface area contributed by atoms with Gasteiger partial charge < -0.3 is 15.3 Å². The van der Waals surface area contributed by atoms with Gasteiger partial charge in [-0.1, -0.05) is 17.3 Å². The Kier molecular flexibility index (Phi) is 5.14. The third-order valence-electron chi connectivity index (χ3n) is 3.22. The molecule has 0 unspecified atom stereocenters. The van der Waals surface area contributed by atoms with Crippen LogP contribution in [0, 0.1) is 5.82 Å². The van der Waals surface area contributed by atoms with Gasteiger partial charge in [-0.25, -0.2) is 4.39 Å². The lowest BCUT2D eigenvalue weighted by molar-refractivity contribution is -0.0821. The van der Waals surface area contributed by atoms with Gasteiger partial charge in [-0.05, 0) is 31.5 Å². The summed E-state index contributed by atoms with van der Waals surface area (Å²) in [5.74, 6) is 0.159. The van der Waals surface area contributed by atoms with Crippen LogP contribution >= 0.6 is 0 Å². The molecule has 5 nitrogen and oxygen atoms in total. The van der Waals surface area contributed by atoms with Gasteiger partial charge in [-0.15, -0.1) is 0 Å². The average Bonchev–Trinajstić information content (AvgIpc) is 2.40. The molecule has 0 aromatic heterocycles. The number of ether oxygens (including phenoxy) is 1.